The van der Waals surface area contributed by atoms with Gasteiger partial charge >= 0.3 is 0 Å². The fourth-order valence-electron chi connectivity index (χ4n) is 3.30. The number of nitrogens with one attached hydrogen (secondary N) is 1. The van der Waals surface area contributed by atoms with Gasteiger partial charge in [0.25, 0.3) is 0 Å². The fourth-order valence-corrected chi connectivity index (χ4v) is 3.30. The number of carbonyl (C=O) groups is 1. The molecule has 6 heteroatoms. The van der Waals surface area contributed by atoms with Crippen LogP contribution in [-0.2, 0) is 11.3 Å². The summed E-state index contributed by atoms with van der Waals surface area (Å²) in [6.45, 7) is 12.8. The van der Waals surface area contributed by atoms with E-state index in [1.165, 1.54) is 5.56 Å². The number of aromatic nitrogens is 2. The number of piperazine rings is 1. The normalized spacial score (nSPS) is 15.1. The molecule has 1 aromatic heterocycles. The second-order valence-corrected chi connectivity index (χ2v) is 7.91. The van der Waals surface area contributed by atoms with Gasteiger partial charge in [0.05, 0.1) is 6.54 Å². The second kappa shape index (κ2) is 9.15. The van der Waals surface area contributed by atoms with E-state index in [9.17, 15) is 4.79 Å². The third-order valence-electron chi connectivity index (χ3n) is 5.05. The smallest absolute Gasteiger partial charge is 0.234 e. The van der Waals surface area contributed by atoms with Crippen molar-refractivity contribution >= 4 is 11.7 Å². The van der Waals surface area contributed by atoms with Crippen molar-refractivity contribution in [1.29, 1.82) is 0 Å². The molecule has 0 saturated carbocycles. The lowest BCUT2D eigenvalue weighted by Gasteiger charge is -2.35. The Kier molecular flexibility index (Phi) is 6.62. The van der Waals surface area contributed by atoms with Crippen molar-refractivity contribution in [2.45, 2.75) is 40.2 Å². The number of benzene rings is 1. The standard InChI is InChI=1S/C22H31N5O/c1-16(2)22-24-18(4)13-20(25-22)27-11-9-26(10-12-27)15-21(28)23-14-19-7-5-17(3)6-8-19/h5-8,13,16H,9-12,14-15H2,1-4H3,(H,23,28). The van der Waals surface area contributed by atoms with E-state index in [1.807, 2.05) is 6.92 Å². The third kappa shape index (κ3) is 5.52. The molecule has 2 heterocycles. The molecule has 1 aliphatic rings. The maximum atomic E-state index is 12.3. The van der Waals surface area contributed by atoms with Crippen molar-refractivity contribution in [3.63, 3.8) is 0 Å². The fraction of sp³-hybridized carbons (Fsp3) is 0.500. The number of hydrogen-bond acceptors (Lipinski definition) is 5. The molecule has 0 bridgehead atoms. The van der Waals surface area contributed by atoms with E-state index in [4.69, 9.17) is 4.98 Å². The van der Waals surface area contributed by atoms with Gasteiger partial charge in [-0.15, -0.1) is 0 Å². The first-order valence-corrected chi connectivity index (χ1v) is 10.1. The Hall–Kier alpha value is -2.47. The third-order valence-corrected chi connectivity index (χ3v) is 5.05. The van der Waals surface area contributed by atoms with E-state index in [2.05, 4.69) is 71.2 Å². The monoisotopic (exact) mass is 381 g/mol. The molecule has 0 unspecified atom stereocenters. The SMILES string of the molecule is Cc1ccc(CNC(=O)CN2CCN(c3cc(C)nc(C(C)C)n3)CC2)cc1. The Labute approximate surface area is 168 Å². The highest BCUT2D eigenvalue weighted by atomic mass is 16.2. The highest BCUT2D eigenvalue weighted by Gasteiger charge is 2.21. The van der Waals surface area contributed by atoms with Crippen molar-refractivity contribution in [2.24, 2.45) is 0 Å². The summed E-state index contributed by atoms with van der Waals surface area (Å²) in [6.07, 6.45) is 0. The Morgan fingerprint density at radius 2 is 1.75 bits per heavy atom. The number of aryl methyl sites for hydroxylation is 2. The lowest BCUT2D eigenvalue weighted by Crippen LogP contribution is -2.49. The van der Waals surface area contributed by atoms with Crippen molar-refractivity contribution in [3.8, 4) is 0 Å². The largest absolute Gasteiger partial charge is 0.354 e. The van der Waals surface area contributed by atoms with Gasteiger partial charge in [0, 0.05) is 50.4 Å². The minimum atomic E-state index is 0.0778. The van der Waals surface area contributed by atoms with Crippen LogP contribution >= 0.6 is 0 Å². The average Bonchev–Trinajstić information content (AvgIpc) is 2.67. The van der Waals surface area contributed by atoms with Gasteiger partial charge in [-0.05, 0) is 19.4 Å². The highest BCUT2D eigenvalue weighted by molar-refractivity contribution is 5.78. The molecule has 1 aromatic carbocycles. The van der Waals surface area contributed by atoms with Gasteiger partial charge in [-0.25, -0.2) is 9.97 Å². The van der Waals surface area contributed by atoms with Crippen LogP contribution in [0.1, 0.15) is 42.4 Å². The molecular formula is C22H31N5O. The van der Waals surface area contributed by atoms with E-state index < -0.39 is 0 Å². The molecule has 1 fully saturated rings. The van der Waals surface area contributed by atoms with E-state index in [0.717, 1.165) is 49.1 Å². The molecule has 1 aliphatic heterocycles. The van der Waals surface area contributed by atoms with Crippen LogP contribution in [0.25, 0.3) is 0 Å². The quantitative estimate of drug-likeness (QED) is 0.834. The Morgan fingerprint density at radius 3 is 2.39 bits per heavy atom. The number of hydrogen-bond donors (Lipinski definition) is 1. The Bertz CT molecular complexity index is 795. The van der Waals surface area contributed by atoms with Crippen molar-refractivity contribution in [1.82, 2.24) is 20.2 Å². The van der Waals surface area contributed by atoms with Crippen LogP contribution in [0.5, 0.6) is 0 Å². The van der Waals surface area contributed by atoms with Crippen LogP contribution in [-0.4, -0.2) is 53.5 Å². The molecule has 28 heavy (non-hydrogen) atoms. The van der Waals surface area contributed by atoms with Gasteiger partial charge in [0.15, 0.2) is 0 Å². The molecule has 6 nitrogen and oxygen atoms in total. The van der Waals surface area contributed by atoms with E-state index in [1.54, 1.807) is 0 Å². The van der Waals surface area contributed by atoms with E-state index in [-0.39, 0.29) is 5.91 Å². The van der Waals surface area contributed by atoms with Gasteiger partial charge in [0.2, 0.25) is 5.91 Å². The molecule has 150 valence electrons. The van der Waals surface area contributed by atoms with Gasteiger partial charge in [-0.3, -0.25) is 9.69 Å². The van der Waals surface area contributed by atoms with Gasteiger partial charge in [-0.2, -0.15) is 0 Å². The summed E-state index contributed by atoms with van der Waals surface area (Å²) in [7, 11) is 0. The topological polar surface area (TPSA) is 61.4 Å². The summed E-state index contributed by atoms with van der Waals surface area (Å²) in [4.78, 5) is 26.0. The molecule has 0 spiro atoms. The minimum absolute atomic E-state index is 0.0778. The van der Waals surface area contributed by atoms with Crippen LogP contribution in [0, 0.1) is 13.8 Å². The average molecular weight is 382 g/mol. The summed E-state index contributed by atoms with van der Waals surface area (Å²) in [5.41, 5.74) is 3.36. The lowest BCUT2D eigenvalue weighted by molar-refractivity contribution is -0.122. The Morgan fingerprint density at radius 1 is 1.07 bits per heavy atom. The number of carbonyl (C=O) groups excluding carboxylic acids is 1. The summed E-state index contributed by atoms with van der Waals surface area (Å²) >= 11 is 0. The minimum Gasteiger partial charge on any atom is -0.354 e. The molecule has 1 N–H and O–H groups in total. The van der Waals surface area contributed by atoms with Crippen LogP contribution in [0.15, 0.2) is 30.3 Å². The van der Waals surface area contributed by atoms with E-state index >= 15 is 0 Å². The molecule has 1 amide bonds. The molecule has 2 aromatic rings. The lowest BCUT2D eigenvalue weighted by atomic mass is 10.1. The first kappa shape index (κ1) is 20.3. The van der Waals surface area contributed by atoms with Crippen LogP contribution < -0.4 is 10.2 Å². The summed E-state index contributed by atoms with van der Waals surface area (Å²) in [5, 5.41) is 3.02. The maximum absolute atomic E-state index is 12.3. The molecule has 0 radical (unpaired) electrons. The highest BCUT2D eigenvalue weighted by Crippen LogP contribution is 2.18. The van der Waals surface area contributed by atoms with E-state index in [0.29, 0.717) is 19.0 Å². The number of nitrogens with zero attached hydrogens (tertiary/aromatic N) is 4. The predicted molar refractivity (Wildman–Crippen MR) is 113 cm³/mol. The first-order chi connectivity index (χ1) is 13.4. The summed E-state index contributed by atoms with van der Waals surface area (Å²) in [5.74, 6) is 2.29. The summed E-state index contributed by atoms with van der Waals surface area (Å²) < 4.78 is 0. The van der Waals surface area contributed by atoms with Gasteiger partial charge in [0.1, 0.15) is 11.6 Å². The zero-order chi connectivity index (χ0) is 20.1. The molecule has 0 atom stereocenters. The molecule has 0 aliphatic carbocycles. The van der Waals surface area contributed by atoms with Gasteiger partial charge < -0.3 is 10.2 Å². The molecule has 3 rings (SSSR count). The van der Waals surface area contributed by atoms with Crippen LogP contribution in [0.4, 0.5) is 5.82 Å². The second-order valence-electron chi connectivity index (χ2n) is 7.91. The zero-order valence-corrected chi connectivity index (χ0v) is 17.4. The number of anilines is 1. The zero-order valence-electron chi connectivity index (χ0n) is 17.4. The first-order valence-electron chi connectivity index (χ1n) is 10.1. The number of amides is 1. The Balaban J connectivity index is 1.47. The van der Waals surface area contributed by atoms with Crippen LogP contribution in [0.3, 0.4) is 0 Å². The van der Waals surface area contributed by atoms with Crippen molar-refractivity contribution in [2.75, 3.05) is 37.6 Å². The van der Waals surface area contributed by atoms with Crippen molar-refractivity contribution in [3.05, 3.63) is 53.0 Å². The van der Waals surface area contributed by atoms with Crippen LogP contribution in [0.2, 0.25) is 0 Å². The molecular weight excluding hydrogens is 350 g/mol. The van der Waals surface area contributed by atoms with Crippen molar-refractivity contribution < 1.29 is 4.79 Å². The molecule has 1 saturated heterocycles. The predicted octanol–water partition coefficient (Wildman–Crippen LogP) is 2.66. The summed E-state index contributed by atoms with van der Waals surface area (Å²) in [6, 6.07) is 10.3. The van der Waals surface area contributed by atoms with Gasteiger partial charge in [-0.1, -0.05) is 43.7 Å². The maximum Gasteiger partial charge on any atom is 0.234 e. The number of rotatable bonds is 6.